The van der Waals surface area contributed by atoms with Crippen molar-refractivity contribution in [2.45, 2.75) is 6.54 Å². The van der Waals surface area contributed by atoms with E-state index in [1.54, 1.807) is 18.2 Å². The van der Waals surface area contributed by atoms with Crippen LogP contribution in [0.1, 0.15) is 5.56 Å². The molecule has 21 heavy (non-hydrogen) atoms. The highest BCUT2D eigenvalue weighted by molar-refractivity contribution is 9.10. The molecule has 0 aliphatic heterocycles. The van der Waals surface area contributed by atoms with E-state index in [9.17, 15) is 24.0 Å². The standard InChI is InChI=1S/C13H9BrF2N2O3/c14-9-3-1-2-7(13(9)19)6-17-12-10(16)4-8(15)5-11(12)18(20)21/h1-5,17,19H,6H2. The van der Waals surface area contributed by atoms with Crippen molar-refractivity contribution in [2.75, 3.05) is 5.32 Å². The molecule has 2 aromatic carbocycles. The van der Waals surface area contributed by atoms with Gasteiger partial charge in [-0.2, -0.15) is 0 Å². The first-order valence-electron chi connectivity index (χ1n) is 5.74. The maximum atomic E-state index is 13.7. The van der Waals surface area contributed by atoms with Crippen LogP contribution in [-0.2, 0) is 6.54 Å². The fourth-order valence-electron chi connectivity index (χ4n) is 1.77. The van der Waals surface area contributed by atoms with Gasteiger partial charge >= 0.3 is 0 Å². The van der Waals surface area contributed by atoms with Crippen LogP contribution in [0.5, 0.6) is 5.75 Å². The number of halogens is 3. The number of anilines is 1. The van der Waals surface area contributed by atoms with E-state index >= 15 is 0 Å². The molecule has 2 N–H and O–H groups in total. The number of nitro groups is 1. The van der Waals surface area contributed by atoms with Crippen molar-refractivity contribution < 1.29 is 18.8 Å². The lowest BCUT2D eigenvalue weighted by Gasteiger charge is -2.10. The van der Waals surface area contributed by atoms with Gasteiger partial charge in [-0.3, -0.25) is 10.1 Å². The van der Waals surface area contributed by atoms with Gasteiger partial charge in [0.25, 0.3) is 5.69 Å². The topological polar surface area (TPSA) is 75.4 Å². The van der Waals surface area contributed by atoms with Gasteiger partial charge < -0.3 is 10.4 Å². The molecule has 0 aliphatic rings. The number of hydrogen-bond acceptors (Lipinski definition) is 4. The molecular formula is C13H9BrF2N2O3. The second-order valence-corrected chi connectivity index (χ2v) is 4.99. The van der Waals surface area contributed by atoms with Crippen molar-refractivity contribution in [2.24, 2.45) is 0 Å². The summed E-state index contributed by atoms with van der Waals surface area (Å²) >= 11 is 3.12. The number of benzene rings is 2. The number of nitro benzene ring substituents is 1. The van der Waals surface area contributed by atoms with Gasteiger partial charge in [0.05, 0.1) is 15.5 Å². The van der Waals surface area contributed by atoms with Crippen molar-refractivity contribution in [3.05, 3.63) is 62.1 Å². The number of hydrogen-bond donors (Lipinski definition) is 2. The van der Waals surface area contributed by atoms with E-state index in [-0.39, 0.29) is 12.3 Å². The lowest BCUT2D eigenvalue weighted by molar-refractivity contribution is -0.384. The molecule has 0 aliphatic carbocycles. The Balaban J connectivity index is 2.32. The van der Waals surface area contributed by atoms with Crippen LogP contribution in [0.3, 0.4) is 0 Å². The van der Waals surface area contributed by atoms with Gasteiger partial charge in [0.15, 0.2) is 5.82 Å². The van der Waals surface area contributed by atoms with Gasteiger partial charge in [0.1, 0.15) is 17.3 Å². The molecule has 0 radical (unpaired) electrons. The van der Waals surface area contributed by atoms with Gasteiger partial charge in [-0.1, -0.05) is 12.1 Å². The fourth-order valence-corrected chi connectivity index (χ4v) is 2.17. The zero-order valence-corrected chi connectivity index (χ0v) is 12.0. The van der Waals surface area contributed by atoms with Crippen LogP contribution < -0.4 is 5.32 Å². The van der Waals surface area contributed by atoms with Crippen LogP contribution in [0.25, 0.3) is 0 Å². The smallest absolute Gasteiger partial charge is 0.298 e. The molecule has 0 aromatic heterocycles. The molecule has 2 aromatic rings. The minimum atomic E-state index is -1.07. The Bertz CT molecular complexity index is 710. The van der Waals surface area contributed by atoms with Crippen molar-refractivity contribution in [3.63, 3.8) is 0 Å². The van der Waals surface area contributed by atoms with E-state index in [1.165, 1.54) is 0 Å². The molecule has 0 atom stereocenters. The number of nitrogens with one attached hydrogen (secondary N) is 1. The quantitative estimate of drug-likeness (QED) is 0.640. The second kappa shape index (κ2) is 6.04. The Morgan fingerprint density at radius 3 is 2.71 bits per heavy atom. The van der Waals surface area contributed by atoms with Crippen molar-refractivity contribution in [3.8, 4) is 5.75 Å². The normalized spacial score (nSPS) is 10.4. The Kier molecular flexibility index (Phi) is 4.37. The van der Waals surface area contributed by atoms with Crippen LogP contribution in [0.4, 0.5) is 20.2 Å². The Morgan fingerprint density at radius 1 is 1.33 bits per heavy atom. The summed E-state index contributed by atoms with van der Waals surface area (Å²) in [6.07, 6.45) is 0. The summed E-state index contributed by atoms with van der Waals surface area (Å²) in [5.41, 5.74) is -0.731. The minimum absolute atomic E-state index is 0.0600. The molecule has 110 valence electrons. The molecule has 0 saturated carbocycles. The Labute approximate surface area is 126 Å². The Hall–Kier alpha value is -2.22. The maximum Gasteiger partial charge on any atom is 0.298 e. The average Bonchev–Trinajstić information content (AvgIpc) is 2.41. The number of para-hydroxylation sites is 1. The highest BCUT2D eigenvalue weighted by Gasteiger charge is 2.20. The summed E-state index contributed by atoms with van der Waals surface area (Å²) in [6.45, 7) is -0.0608. The average molecular weight is 359 g/mol. The van der Waals surface area contributed by atoms with Crippen molar-refractivity contribution in [1.82, 2.24) is 0 Å². The maximum absolute atomic E-state index is 13.7. The molecule has 0 unspecified atom stereocenters. The molecule has 0 saturated heterocycles. The number of nitrogens with zero attached hydrogens (tertiary/aromatic N) is 1. The van der Waals surface area contributed by atoms with Gasteiger partial charge in [-0.15, -0.1) is 0 Å². The third-order valence-corrected chi connectivity index (χ3v) is 3.40. The van der Waals surface area contributed by atoms with Gasteiger partial charge in [0, 0.05) is 18.2 Å². The lowest BCUT2D eigenvalue weighted by Crippen LogP contribution is -2.06. The SMILES string of the molecule is O=[N+]([O-])c1cc(F)cc(F)c1NCc1cccc(Br)c1O. The monoisotopic (exact) mass is 358 g/mol. The van der Waals surface area contributed by atoms with E-state index in [1.807, 2.05) is 0 Å². The van der Waals surface area contributed by atoms with Crippen molar-refractivity contribution in [1.29, 1.82) is 0 Å². The molecule has 0 amide bonds. The van der Waals surface area contributed by atoms with Gasteiger partial charge in [-0.25, -0.2) is 8.78 Å². The number of rotatable bonds is 4. The predicted octanol–water partition coefficient (Wildman–Crippen LogP) is 3.95. The number of phenols is 1. The predicted molar refractivity (Wildman–Crippen MR) is 76.1 cm³/mol. The van der Waals surface area contributed by atoms with Crippen LogP contribution in [-0.4, -0.2) is 10.0 Å². The fraction of sp³-hybridized carbons (Fsp3) is 0.0769. The molecule has 5 nitrogen and oxygen atoms in total. The zero-order chi connectivity index (χ0) is 15.6. The van der Waals surface area contributed by atoms with Crippen LogP contribution in [0.15, 0.2) is 34.8 Å². The first kappa shape index (κ1) is 15.2. The summed E-state index contributed by atoms with van der Waals surface area (Å²) in [5, 5.41) is 23.1. The summed E-state index contributed by atoms with van der Waals surface area (Å²) < 4.78 is 27.1. The summed E-state index contributed by atoms with van der Waals surface area (Å²) in [6, 6.07) is 6.01. The highest BCUT2D eigenvalue weighted by atomic mass is 79.9. The minimum Gasteiger partial charge on any atom is -0.506 e. The van der Waals surface area contributed by atoms with E-state index < -0.39 is 27.9 Å². The highest BCUT2D eigenvalue weighted by Crippen LogP contribution is 2.31. The van der Waals surface area contributed by atoms with E-state index in [4.69, 9.17) is 0 Å². The largest absolute Gasteiger partial charge is 0.506 e. The molecule has 0 spiro atoms. The van der Waals surface area contributed by atoms with Gasteiger partial charge in [-0.05, 0) is 22.0 Å². The first-order valence-corrected chi connectivity index (χ1v) is 6.53. The van der Waals surface area contributed by atoms with Gasteiger partial charge in [0.2, 0.25) is 0 Å². The number of aromatic hydroxyl groups is 1. The Morgan fingerprint density at radius 2 is 2.05 bits per heavy atom. The third-order valence-electron chi connectivity index (χ3n) is 2.76. The molecular weight excluding hydrogens is 350 g/mol. The summed E-state index contributed by atoms with van der Waals surface area (Å²) in [5.74, 6) is -2.17. The zero-order valence-electron chi connectivity index (χ0n) is 10.4. The van der Waals surface area contributed by atoms with Crippen molar-refractivity contribution >= 4 is 27.3 Å². The molecule has 0 heterocycles. The third kappa shape index (κ3) is 3.27. The van der Waals surface area contributed by atoms with Crippen LogP contribution in [0.2, 0.25) is 0 Å². The van der Waals surface area contributed by atoms with E-state index in [2.05, 4.69) is 21.2 Å². The lowest BCUT2D eigenvalue weighted by atomic mass is 10.2. The van der Waals surface area contributed by atoms with Crippen LogP contribution >= 0.6 is 15.9 Å². The van der Waals surface area contributed by atoms with E-state index in [0.717, 1.165) is 0 Å². The summed E-state index contributed by atoms with van der Waals surface area (Å²) in [4.78, 5) is 9.95. The second-order valence-electron chi connectivity index (χ2n) is 4.14. The summed E-state index contributed by atoms with van der Waals surface area (Å²) in [7, 11) is 0. The van der Waals surface area contributed by atoms with Crippen LogP contribution in [0, 0.1) is 21.7 Å². The van der Waals surface area contributed by atoms with E-state index in [0.29, 0.717) is 22.2 Å². The first-order chi connectivity index (χ1) is 9.90. The molecule has 2 rings (SSSR count). The molecule has 0 bridgehead atoms. The number of phenolic OH excluding ortho intramolecular Hbond substituents is 1. The molecule has 0 fully saturated rings. The molecule has 8 heteroatoms.